The third kappa shape index (κ3) is 5.22. The smallest absolute Gasteiger partial charge is 0.242 e. The molecule has 0 aliphatic carbocycles. The summed E-state index contributed by atoms with van der Waals surface area (Å²) in [6.07, 6.45) is 0.490. The van der Waals surface area contributed by atoms with Crippen LogP contribution in [0.3, 0.4) is 0 Å². The Balaban J connectivity index is 1.94. The number of hydrogen-bond donors (Lipinski definition) is 2. The van der Waals surface area contributed by atoms with Crippen molar-refractivity contribution < 1.29 is 12.8 Å². The number of anilines is 1. The molecule has 0 unspecified atom stereocenters. The maximum Gasteiger partial charge on any atom is 0.242 e. The molecule has 0 amide bonds. The molecule has 0 atom stereocenters. The van der Waals surface area contributed by atoms with Crippen molar-refractivity contribution in [2.75, 3.05) is 26.0 Å². The van der Waals surface area contributed by atoms with Gasteiger partial charge in [0.2, 0.25) is 10.0 Å². The fourth-order valence-electron chi connectivity index (χ4n) is 2.13. The van der Waals surface area contributed by atoms with Crippen LogP contribution >= 0.6 is 12.2 Å². The van der Waals surface area contributed by atoms with Crippen molar-refractivity contribution in [1.29, 1.82) is 0 Å². The van der Waals surface area contributed by atoms with E-state index in [0.29, 0.717) is 29.3 Å². The standard InChI is InChI=1S/C17H20FN3O2S2/c1-21(2)25(22,23)15-8-5-7-14(12-15)20-17(24)19-11-10-13-6-3-4-9-16(13)18/h3-9,12H,10-11H2,1-2H3,(H2,19,20,24). The highest BCUT2D eigenvalue weighted by atomic mass is 32.2. The maximum absolute atomic E-state index is 13.5. The zero-order valence-electron chi connectivity index (χ0n) is 14.0. The van der Waals surface area contributed by atoms with E-state index in [0.717, 1.165) is 4.31 Å². The lowest BCUT2D eigenvalue weighted by Crippen LogP contribution is -2.30. The second kappa shape index (κ2) is 8.37. The first-order valence-corrected chi connectivity index (χ1v) is 9.46. The van der Waals surface area contributed by atoms with Gasteiger partial charge in [0.05, 0.1) is 4.90 Å². The molecule has 134 valence electrons. The Morgan fingerprint density at radius 3 is 2.56 bits per heavy atom. The van der Waals surface area contributed by atoms with Crippen LogP contribution < -0.4 is 10.6 Å². The Bertz CT molecular complexity index is 854. The summed E-state index contributed by atoms with van der Waals surface area (Å²) in [5.74, 6) is -0.246. The summed E-state index contributed by atoms with van der Waals surface area (Å²) >= 11 is 5.20. The van der Waals surface area contributed by atoms with Crippen LogP contribution in [0.2, 0.25) is 0 Å². The molecule has 0 heterocycles. The van der Waals surface area contributed by atoms with Crippen molar-refractivity contribution in [1.82, 2.24) is 9.62 Å². The Morgan fingerprint density at radius 2 is 1.88 bits per heavy atom. The normalized spacial score (nSPS) is 11.4. The summed E-state index contributed by atoms with van der Waals surface area (Å²) < 4.78 is 39.0. The van der Waals surface area contributed by atoms with Crippen LogP contribution in [0.15, 0.2) is 53.4 Å². The monoisotopic (exact) mass is 381 g/mol. The van der Waals surface area contributed by atoms with Crippen molar-refractivity contribution in [2.45, 2.75) is 11.3 Å². The van der Waals surface area contributed by atoms with Crippen LogP contribution in [-0.2, 0) is 16.4 Å². The molecule has 0 aliphatic heterocycles. The predicted molar refractivity (Wildman–Crippen MR) is 102 cm³/mol. The van der Waals surface area contributed by atoms with Gasteiger partial charge in [-0.15, -0.1) is 0 Å². The third-order valence-corrected chi connectivity index (χ3v) is 5.57. The number of thiocarbonyl (C=S) groups is 1. The molecule has 8 heteroatoms. The summed E-state index contributed by atoms with van der Waals surface area (Å²) in [5.41, 5.74) is 1.17. The van der Waals surface area contributed by atoms with E-state index < -0.39 is 10.0 Å². The minimum atomic E-state index is -3.50. The van der Waals surface area contributed by atoms with E-state index in [1.54, 1.807) is 30.3 Å². The molecule has 0 aliphatic rings. The quantitative estimate of drug-likeness (QED) is 0.753. The minimum Gasteiger partial charge on any atom is -0.362 e. The van der Waals surface area contributed by atoms with Crippen molar-refractivity contribution in [3.8, 4) is 0 Å². The van der Waals surface area contributed by atoms with Gasteiger partial charge in [0.25, 0.3) is 0 Å². The fraction of sp³-hybridized carbons (Fsp3) is 0.235. The van der Waals surface area contributed by atoms with Gasteiger partial charge in [-0.2, -0.15) is 0 Å². The van der Waals surface area contributed by atoms with E-state index in [4.69, 9.17) is 12.2 Å². The van der Waals surface area contributed by atoms with E-state index in [9.17, 15) is 12.8 Å². The van der Waals surface area contributed by atoms with E-state index in [1.807, 2.05) is 0 Å². The van der Waals surface area contributed by atoms with Crippen molar-refractivity contribution in [3.63, 3.8) is 0 Å². The van der Waals surface area contributed by atoms with Gasteiger partial charge in [0, 0.05) is 26.3 Å². The number of halogens is 1. The second-order valence-electron chi connectivity index (χ2n) is 5.54. The zero-order chi connectivity index (χ0) is 18.4. The van der Waals surface area contributed by atoms with Crippen molar-refractivity contribution in [2.24, 2.45) is 0 Å². The largest absolute Gasteiger partial charge is 0.362 e. The molecule has 2 N–H and O–H groups in total. The molecule has 0 saturated carbocycles. The van der Waals surface area contributed by atoms with Gasteiger partial charge in [-0.1, -0.05) is 24.3 Å². The summed E-state index contributed by atoms with van der Waals surface area (Å²) in [6, 6.07) is 13.0. The van der Waals surface area contributed by atoms with Crippen molar-refractivity contribution in [3.05, 3.63) is 59.9 Å². The van der Waals surface area contributed by atoms with Gasteiger partial charge in [-0.25, -0.2) is 17.1 Å². The number of benzene rings is 2. The van der Waals surface area contributed by atoms with Crippen LogP contribution in [0, 0.1) is 5.82 Å². The zero-order valence-corrected chi connectivity index (χ0v) is 15.6. The Morgan fingerprint density at radius 1 is 1.16 bits per heavy atom. The molecule has 2 aromatic rings. The number of hydrogen-bond acceptors (Lipinski definition) is 3. The van der Waals surface area contributed by atoms with Gasteiger partial charge < -0.3 is 10.6 Å². The van der Waals surface area contributed by atoms with Gasteiger partial charge in [0.1, 0.15) is 5.82 Å². The molecule has 0 spiro atoms. The molecule has 0 fully saturated rings. The number of rotatable bonds is 6. The first-order chi connectivity index (χ1) is 11.8. The lowest BCUT2D eigenvalue weighted by Gasteiger charge is -2.14. The van der Waals surface area contributed by atoms with Crippen LogP contribution in [-0.4, -0.2) is 38.5 Å². The summed E-state index contributed by atoms with van der Waals surface area (Å²) in [6.45, 7) is 0.461. The molecule has 0 aromatic heterocycles. The molecular formula is C17H20FN3O2S2. The van der Waals surface area contributed by atoms with Gasteiger partial charge in [-0.3, -0.25) is 0 Å². The summed E-state index contributed by atoms with van der Waals surface area (Å²) in [4.78, 5) is 0.177. The average molecular weight is 381 g/mol. The predicted octanol–water partition coefficient (Wildman–Crippen LogP) is 2.61. The molecule has 2 rings (SSSR count). The van der Waals surface area contributed by atoms with E-state index in [1.165, 1.54) is 32.3 Å². The highest BCUT2D eigenvalue weighted by Gasteiger charge is 2.17. The van der Waals surface area contributed by atoms with Crippen LogP contribution in [0.25, 0.3) is 0 Å². The van der Waals surface area contributed by atoms with Gasteiger partial charge in [-0.05, 0) is 48.5 Å². The molecule has 0 bridgehead atoms. The van der Waals surface area contributed by atoms with Crippen LogP contribution in [0.4, 0.5) is 10.1 Å². The maximum atomic E-state index is 13.5. The highest BCUT2D eigenvalue weighted by molar-refractivity contribution is 7.89. The lowest BCUT2D eigenvalue weighted by molar-refractivity contribution is 0.521. The molecule has 5 nitrogen and oxygen atoms in total. The molecule has 25 heavy (non-hydrogen) atoms. The van der Waals surface area contributed by atoms with E-state index >= 15 is 0 Å². The SMILES string of the molecule is CN(C)S(=O)(=O)c1cccc(NC(=S)NCCc2ccccc2F)c1. The van der Waals surface area contributed by atoms with E-state index in [2.05, 4.69) is 10.6 Å². The Hall–Kier alpha value is -2.03. The van der Waals surface area contributed by atoms with Gasteiger partial charge >= 0.3 is 0 Å². The Labute approximate surface area is 152 Å². The fourth-order valence-corrected chi connectivity index (χ4v) is 3.30. The highest BCUT2D eigenvalue weighted by Crippen LogP contribution is 2.17. The minimum absolute atomic E-state index is 0.177. The first kappa shape index (κ1) is 19.3. The summed E-state index contributed by atoms with van der Waals surface area (Å²) in [7, 11) is -0.552. The third-order valence-electron chi connectivity index (χ3n) is 3.51. The lowest BCUT2D eigenvalue weighted by atomic mass is 10.1. The van der Waals surface area contributed by atoms with Crippen LogP contribution in [0.1, 0.15) is 5.56 Å². The topological polar surface area (TPSA) is 61.4 Å². The second-order valence-corrected chi connectivity index (χ2v) is 8.10. The van der Waals surface area contributed by atoms with E-state index in [-0.39, 0.29) is 10.7 Å². The van der Waals surface area contributed by atoms with Gasteiger partial charge in [0.15, 0.2) is 5.11 Å². The summed E-state index contributed by atoms with van der Waals surface area (Å²) in [5, 5.41) is 6.26. The number of sulfonamides is 1. The number of nitrogens with one attached hydrogen (secondary N) is 2. The molecule has 0 saturated heterocycles. The molecule has 2 aromatic carbocycles. The van der Waals surface area contributed by atoms with Crippen LogP contribution in [0.5, 0.6) is 0 Å². The Kier molecular flexibility index (Phi) is 6.46. The average Bonchev–Trinajstić information content (AvgIpc) is 2.56. The van der Waals surface area contributed by atoms with Crippen molar-refractivity contribution >= 4 is 33.0 Å². The molecule has 0 radical (unpaired) electrons. The molecular weight excluding hydrogens is 361 g/mol. The number of nitrogens with zero attached hydrogens (tertiary/aromatic N) is 1. The first-order valence-electron chi connectivity index (χ1n) is 7.61.